The third kappa shape index (κ3) is 18.9. The van der Waals surface area contributed by atoms with Gasteiger partial charge in [0.15, 0.2) is 0 Å². The van der Waals surface area contributed by atoms with Crippen LogP contribution < -0.4 is 139 Å². The molecule has 0 aromatic rings. The Morgan fingerprint density at radius 1 is 0.267 bits per heavy atom. The number of rotatable bonds is 16. The Hall–Kier alpha value is 1.40. The van der Waals surface area contributed by atoms with Crippen LogP contribution in [0.5, 0.6) is 0 Å². The minimum absolute atomic E-state index is 0. The number of carbonyl (C=O) groups is 4. The van der Waals surface area contributed by atoms with Crippen molar-refractivity contribution in [1.82, 2.24) is 0 Å². The third-order valence-corrected chi connectivity index (χ3v) is 41.3. The van der Waals surface area contributed by atoms with E-state index >= 15 is 0 Å². The summed E-state index contributed by atoms with van der Waals surface area (Å²) < 4.78 is 0. The second-order valence-corrected chi connectivity index (χ2v) is 45.7. The van der Waals surface area contributed by atoms with Crippen LogP contribution in [0.1, 0.15) is 314 Å². The molecule has 664 valence electrons. The van der Waals surface area contributed by atoms with E-state index in [1.54, 1.807) is 0 Å². The maximum atomic E-state index is 11.5. The summed E-state index contributed by atoms with van der Waals surface area (Å²) in [7, 11) is 0. The standard InChI is InChI=1S/4C24H40O5.4Na/c4*1-13(4-7-21(28)29)16-5-6-17-22-18(12-20(27)24(16,17)3)23(2)9-8-15(25)10-14(23)11-19(22)26;;;;/h4*13-20,22,25-27H,4-12H2,1-3H3,(H,28,29);;;;/q;;;;4*+1/p-4. The zero-order valence-corrected chi connectivity index (χ0v) is 84.9. The fourth-order valence-electron chi connectivity index (χ4n) is 34.7. The van der Waals surface area contributed by atoms with Crippen molar-refractivity contribution in [2.75, 3.05) is 0 Å². The number of carboxylic acids is 4. The Morgan fingerprint density at radius 2 is 0.442 bits per heavy atom. The van der Waals surface area contributed by atoms with Crippen LogP contribution in [0.15, 0.2) is 0 Å². The number of hydrogen-bond acceptors (Lipinski definition) is 20. The van der Waals surface area contributed by atoms with Gasteiger partial charge in [-0.1, -0.05) is 83.1 Å². The van der Waals surface area contributed by atoms with Gasteiger partial charge in [-0.25, -0.2) is 0 Å². The molecule has 0 spiro atoms. The molecule has 0 aliphatic heterocycles. The summed E-state index contributed by atoms with van der Waals surface area (Å²) in [5.74, 6) is 2.54. The molecule has 16 aliphatic rings. The summed E-state index contributed by atoms with van der Waals surface area (Å²) in [6.45, 7) is 26.7. The van der Waals surface area contributed by atoms with Gasteiger partial charge in [-0.15, -0.1) is 0 Å². The van der Waals surface area contributed by atoms with E-state index in [0.29, 0.717) is 73.0 Å². The van der Waals surface area contributed by atoms with Gasteiger partial charge in [0.25, 0.3) is 0 Å². The molecule has 0 aromatic carbocycles. The Kier molecular flexibility index (Phi) is 35.6. The van der Waals surface area contributed by atoms with E-state index in [0.717, 1.165) is 180 Å². The molecular weight excluding hydrogens is 1560 g/mol. The summed E-state index contributed by atoms with van der Waals surface area (Å²) >= 11 is 0. The van der Waals surface area contributed by atoms with Gasteiger partial charge < -0.3 is 101 Å². The van der Waals surface area contributed by atoms with Crippen LogP contribution in [0.25, 0.3) is 0 Å². The molecule has 16 aliphatic carbocycles. The molecule has 44 atom stereocenters. The summed E-state index contributed by atoms with van der Waals surface area (Å²) in [6.07, 6.45) is 22.9. The van der Waals surface area contributed by atoms with Gasteiger partial charge in [-0.2, -0.15) is 0 Å². The van der Waals surface area contributed by atoms with E-state index in [-0.39, 0.29) is 331 Å². The first-order valence-electron chi connectivity index (χ1n) is 47.3. The number of fused-ring (bicyclic) bond motifs is 20. The van der Waals surface area contributed by atoms with E-state index in [4.69, 9.17) is 0 Å². The molecule has 0 heterocycles. The summed E-state index contributed by atoms with van der Waals surface area (Å²) in [5, 5.41) is 175. The van der Waals surface area contributed by atoms with Crippen molar-refractivity contribution in [3.63, 3.8) is 0 Å². The molecule has 0 radical (unpaired) electrons. The van der Waals surface area contributed by atoms with Gasteiger partial charge in [-0.05, 0) is 416 Å². The average Bonchev–Trinajstić information content (AvgIpc) is 1.59. The van der Waals surface area contributed by atoms with E-state index in [2.05, 4.69) is 83.1 Å². The van der Waals surface area contributed by atoms with Gasteiger partial charge in [0.2, 0.25) is 0 Å². The molecule has 16 fully saturated rings. The fourth-order valence-corrected chi connectivity index (χ4v) is 34.7. The molecule has 20 nitrogen and oxygen atoms in total. The Balaban J connectivity index is 0.000000180. The molecule has 16 rings (SSSR count). The maximum absolute atomic E-state index is 11.5. The molecule has 0 saturated heterocycles. The quantitative estimate of drug-likeness (QED) is 0.0666. The van der Waals surface area contributed by atoms with E-state index < -0.39 is 48.3 Å². The van der Waals surface area contributed by atoms with Crippen LogP contribution in [0.4, 0.5) is 0 Å². The first kappa shape index (κ1) is 105. The van der Waals surface area contributed by atoms with Crippen molar-refractivity contribution in [3.8, 4) is 0 Å². The summed E-state index contributed by atoms with van der Waals surface area (Å²) in [4.78, 5) is 43.8. The topological polar surface area (TPSA) is 403 Å². The van der Waals surface area contributed by atoms with Gasteiger partial charge in [0.1, 0.15) is 0 Å². The van der Waals surface area contributed by atoms with Crippen LogP contribution in [-0.2, 0) is 19.2 Å². The number of aliphatic hydroxyl groups is 12. The van der Waals surface area contributed by atoms with E-state index in [1.165, 1.54) is 0 Å². The smallest absolute Gasteiger partial charge is 0.550 e. The van der Waals surface area contributed by atoms with Crippen molar-refractivity contribution in [1.29, 1.82) is 0 Å². The Bertz CT molecular complexity index is 3000. The minimum atomic E-state index is -0.998. The predicted molar refractivity (Wildman–Crippen MR) is 430 cm³/mol. The average molecular weight is 1720 g/mol. The van der Waals surface area contributed by atoms with Crippen LogP contribution in [0.2, 0.25) is 0 Å². The van der Waals surface area contributed by atoms with Crippen LogP contribution in [-0.4, -0.2) is 158 Å². The van der Waals surface area contributed by atoms with Crippen molar-refractivity contribution in [3.05, 3.63) is 0 Å². The maximum Gasteiger partial charge on any atom is 1.00 e. The largest absolute Gasteiger partial charge is 1.00 e. The molecule has 0 amide bonds. The fraction of sp³-hybridized carbons (Fsp3) is 0.958. The molecule has 120 heavy (non-hydrogen) atoms. The zero-order valence-electron chi connectivity index (χ0n) is 76.9. The molecule has 0 bridgehead atoms. The number of hydrogen-bond donors (Lipinski definition) is 12. The van der Waals surface area contributed by atoms with Gasteiger partial charge in [0.05, 0.1) is 73.2 Å². The van der Waals surface area contributed by atoms with E-state index in [9.17, 15) is 101 Å². The second-order valence-electron chi connectivity index (χ2n) is 45.7. The van der Waals surface area contributed by atoms with Crippen molar-refractivity contribution in [2.24, 2.45) is 185 Å². The molecule has 44 unspecified atom stereocenters. The van der Waals surface area contributed by atoms with Crippen molar-refractivity contribution >= 4 is 23.9 Å². The first-order valence-corrected chi connectivity index (χ1v) is 47.3. The summed E-state index contributed by atoms with van der Waals surface area (Å²) in [6, 6.07) is 0. The number of aliphatic hydroxyl groups excluding tert-OH is 12. The van der Waals surface area contributed by atoms with Crippen LogP contribution >= 0.6 is 0 Å². The van der Waals surface area contributed by atoms with Crippen molar-refractivity contribution in [2.45, 2.75) is 387 Å². The Labute approximate surface area is 807 Å². The SMILES string of the molecule is CC(CCC(=O)[O-])C1CCC2C3C(O)CC4CC(O)CCC4(C)C3CC(O)C12C.CC(CCC(=O)[O-])C1CCC2C3C(O)CC4CC(O)CCC4(C)C3CC(O)C12C.CC(CCC(=O)[O-])C1CCC2C3C(O)CC4CC(O)CCC4(C)C3CC(O)C12C.CC(CCC(=O)[O-])C1CCC2C3C(O)CC4CC(O)CCC4(C)C3CC(O)C12C.[Na+].[Na+].[Na+].[Na+]. The molecule has 0 aromatic heterocycles. The van der Waals surface area contributed by atoms with Crippen LogP contribution in [0.3, 0.4) is 0 Å². The first-order chi connectivity index (χ1) is 54.3. The minimum Gasteiger partial charge on any atom is -0.550 e. The molecule has 12 N–H and O–H groups in total. The van der Waals surface area contributed by atoms with Gasteiger partial charge >= 0.3 is 118 Å². The van der Waals surface area contributed by atoms with Crippen LogP contribution in [0, 0.1) is 185 Å². The molecular formula is C96H156Na4O20. The normalized spacial score (nSPS) is 51.1. The molecule has 16 saturated carbocycles. The number of carbonyl (C=O) groups excluding carboxylic acids is 4. The van der Waals surface area contributed by atoms with E-state index in [1.807, 2.05) is 0 Å². The summed E-state index contributed by atoms with van der Waals surface area (Å²) in [5.41, 5.74) is -0.687. The number of carboxylic acid groups (broad SMARTS) is 4. The zero-order chi connectivity index (χ0) is 84.5. The molecule has 24 heteroatoms. The Morgan fingerprint density at radius 3 is 0.608 bits per heavy atom. The van der Waals surface area contributed by atoms with Gasteiger partial charge in [0, 0.05) is 23.9 Å². The third-order valence-electron chi connectivity index (χ3n) is 41.3. The second kappa shape index (κ2) is 40.7. The van der Waals surface area contributed by atoms with Gasteiger partial charge in [-0.3, -0.25) is 0 Å². The predicted octanol–water partition coefficient (Wildman–Crippen LogP) is -3.53. The number of aliphatic carboxylic acids is 4. The monoisotopic (exact) mass is 1720 g/mol. The van der Waals surface area contributed by atoms with Crippen molar-refractivity contribution < 1.29 is 219 Å².